The maximum Gasteiger partial charge on any atom is 0.138 e. The van der Waals surface area contributed by atoms with Crippen LogP contribution in [0.15, 0.2) is 36.0 Å². The van der Waals surface area contributed by atoms with Gasteiger partial charge in [-0.25, -0.2) is 9.97 Å². The quantitative estimate of drug-likeness (QED) is 0.681. The van der Waals surface area contributed by atoms with E-state index in [-0.39, 0.29) is 0 Å². The van der Waals surface area contributed by atoms with Crippen LogP contribution in [0.4, 0.5) is 5.82 Å². The molecule has 5 nitrogen and oxygen atoms in total. The highest BCUT2D eigenvalue weighted by molar-refractivity contribution is 7.17. The summed E-state index contributed by atoms with van der Waals surface area (Å²) in [5, 5.41) is 6.95. The average Bonchev–Trinajstić information content (AvgIpc) is 3.17. The van der Waals surface area contributed by atoms with Crippen LogP contribution in [0.3, 0.4) is 0 Å². The molecule has 2 aromatic heterocycles. The molecule has 3 aromatic rings. The van der Waals surface area contributed by atoms with E-state index >= 15 is 0 Å². The Labute approximate surface area is 171 Å². The Bertz CT molecular complexity index is 912. The number of nitrogens with one attached hydrogen (secondary N) is 1. The van der Waals surface area contributed by atoms with Crippen molar-refractivity contribution < 1.29 is 0 Å². The molecule has 1 N–H and O–H groups in total. The third-order valence-electron chi connectivity index (χ3n) is 5.78. The zero-order valence-corrected chi connectivity index (χ0v) is 17.8. The highest BCUT2D eigenvalue weighted by atomic mass is 32.1. The number of rotatable bonds is 6. The minimum Gasteiger partial charge on any atom is -0.368 e. The van der Waals surface area contributed by atoms with E-state index in [0.29, 0.717) is 6.04 Å². The second kappa shape index (κ2) is 8.55. The van der Waals surface area contributed by atoms with Gasteiger partial charge in [0.25, 0.3) is 0 Å². The van der Waals surface area contributed by atoms with Gasteiger partial charge in [-0.05, 0) is 26.0 Å². The van der Waals surface area contributed by atoms with Crippen molar-refractivity contribution in [2.75, 3.05) is 44.6 Å². The van der Waals surface area contributed by atoms with Gasteiger partial charge < -0.3 is 10.2 Å². The number of benzene rings is 1. The Morgan fingerprint density at radius 2 is 1.86 bits per heavy atom. The zero-order chi connectivity index (χ0) is 19.5. The molecule has 1 saturated heterocycles. The van der Waals surface area contributed by atoms with Gasteiger partial charge in [0.15, 0.2) is 0 Å². The topological polar surface area (TPSA) is 44.3 Å². The van der Waals surface area contributed by atoms with E-state index in [4.69, 9.17) is 0 Å². The first-order valence-electron chi connectivity index (χ1n) is 10.1. The van der Waals surface area contributed by atoms with Crippen molar-refractivity contribution in [1.82, 2.24) is 19.8 Å². The van der Waals surface area contributed by atoms with Crippen LogP contribution >= 0.6 is 11.3 Å². The number of fused-ring (bicyclic) bond motifs is 1. The largest absolute Gasteiger partial charge is 0.368 e. The summed E-state index contributed by atoms with van der Waals surface area (Å²) in [4.78, 5) is 15.2. The van der Waals surface area contributed by atoms with E-state index in [1.54, 1.807) is 17.7 Å². The minimum absolute atomic E-state index is 0.477. The van der Waals surface area contributed by atoms with Crippen LogP contribution in [0.25, 0.3) is 21.3 Å². The van der Waals surface area contributed by atoms with Crippen LogP contribution in [0.2, 0.25) is 0 Å². The number of likely N-dealkylation sites (N-methyl/N-ethyl adjacent to an activating group) is 1. The molecule has 0 saturated carbocycles. The molecular formula is C22H29N5S. The Balaban J connectivity index is 1.51. The van der Waals surface area contributed by atoms with Crippen LogP contribution in [-0.4, -0.2) is 65.1 Å². The lowest BCUT2D eigenvalue weighted by molar-refractivity contribution is 0.110. The summed E-state index contributed by atoms with van der Waals surface area (Å²) in [7, 11) is 0. The van der Waals surface area contributed by atoms with E-state index in [2.05, 4.69) is 75.5 Å². The molecule has 1 aliphatic heterocycles. The number of piperazine rings is 1. The SMILES string of the molecule is CCN1CCN([C@@H](C)CNc2ncnc3scc(-c4ccc(C)cc4)c23)CC1. The number of aromatic nitrogens is 2. The van der Waals surface area contributed by atoms with Crippen LogP contribution in [0.1, 0.15) is 19.4 Å². The van der Waals surface area contributed by atoms with Gasteiger partial charge in [-0.3, -0.25) is 4.90 Å². The molecule has 0 radical (unpaired) electrons. The fraction of sp³-hybridized carbons (Fsp3) is 0.455. The van der Waals surface area contributed by atoms with E-state index in [1.807, 2.05) is 0 Å². The van der Waals surface area contributed by atoms with E-state index in [1.165, 1.54) is 29.8 Å². The monoisotopic (exact) mass is 395 g/mol. The number of nitrogens with zero attached hydrogens (tertiary/aromatic N) is 4. The molecule has 1 aliphatic rings. The molecule has 1 aromatic carbocycles. The molecule has 1 atom stereocenters. The first kappa shape index (κ1) is 19.3. The Morgan fingerprint density at radius 3 is 2.57 bits per heavy atom. The Morgan fingerprint density at radius 1 is 1.11 bits per heavy atom. The van der Waals surface area contributed by atoms with Gasteiger partial charge in [-0.2, -0.15) is 0 Å². The number of aryl methyl sites for hydroxylation is 1. The van der Waals surface area contributed by atoms with Gasteiger partial charge in [0.1, 0.15) is 17.0 Å². The van der Waals surface area contributed by atoms with Crippen molar-refractivity contribution >= 4 is 27.4 Å². The van der Waals surface area contributed by atoms with Crippen molar-refractivity contribution in [1.29, 1.82) is 0 Å². The fourth-order valence-electron chi connectivity index (χ4n) is 3.85. The average molecular weight is 396 g/mol. The standard InChI is InChI=1S/C22H29N5S/c1-4-26-9-11-27(12-10-26)17(3)13-23-21-20-19(14-28-22(20)25-15-24-21)18-7-5-16(2)6-8-18/h5-8,14-15,17H,4,9-13H2,1-3H3,(H,23,24,25)/t17-/m0/s1. The summed E-state index contributed by atoms with van der Waals surface area (Å²) < 4.78 is 0. The molecule has 6 heteroatoms. The predicted octanol–water partition coefficient (Wildman–Crippen LogP) is 4.10. The third kappa shape index (κ3) is 4.04. The van der Waals surface area contributed by atoms with Crippen molar-refractivity contribution in [3.05, 3.63) is 41.5 Å². The minimum atomic E-state index is 0.477. The fourth-order valence-corrected chi connectivity index (χ4v) is 4.76. The summed E-state index contributed by atoms with van der Waals surface area (Å²) in [5.74, 6) is 0.945. The number of thiophene rings is 1. The summed E-state index contributed by atoms with van der Waals surface area (Å²) >= 11 is 1.69. The molecule has 0 amide bonds. The summed E-state index contributed by atoms with van der Waals surface area (Å²) in [6.07, 6.45) is 1.67. The van der Waals surface area contributed by atoms with E-state index < -0.39 is 0 Å². The first-order valence-corrected chi connectivity index (χ1v) is 11.0. The molecule has 0 bridgehead atoms. The van der Waals surface area contributed by atoms with Gasteiger partial charge in [-0.15, -0.1) is 11.3 Å². The van der Waals surface area contributed by atoms with Crippen LogP contribution < -0.4 is 5.32 Å². The van der Waals surface area contributed by atoms with E-state index in [0.717, 1.165) is 42.2 Å². The lowest BCUT2D eigenvalue weighted by Crippen LogP contribution is -2.51. The number of hydrogen-bond donors (Lipinski definition) is 1. The molecule has 0 aliphatic carbocycles. The van der Waals surface area contributed by atoms with Crippen molar-refractivity contribution in [3.63, 3.8) is 0 Å². The van der Waals surface area contributed by atoms with Gasteiger partial charge in [0.05, 0.1) is 5.39 Å². The van der Waals surface area contributed by atoms with Crippen molar-refractivity contribution in [2.24, 2.45) is 0 Å². The zero-order valence-electron chi connectivity index (χ0n) is 17.0. The second-order valence-corrected chi connectivity index (χ2v) is 8.48. The van der Waals surface area contributed by atoms with Crippen LogP contribution in [0.5, 0.6) is 0 Å². The molecular weight excluding hydrogens is 366 g/mol. The Kier molecular flexibility index (Phi) is 5.90. The van der Waals surface area contributed by atoms with Crippen LogP contribution in [0, 0.1) is 6.92 Å². The molecule has 28 heavy (non-hydrogen) atoms. The van der Waals surface area contributed by atoms with Gasteiger partial charge in [0.2, 0.25) is 0 Å². The number of hydrogen-bond acceptors (Lipinski definition) is 6. The lowest BCUT2D eigenvalue weighted by Gasteiger charge is -2.37. The van der Waals surface area contributed by atoms with Crippen molar-refractivity contribution in [2.45, 2.75) is 26.8 Å². The third-order valence-corrected chi connectivity index (χ3v) is 6.66. The van der Waals surface area contributed by atoms with Crippen LogP contribution in [-0.2, 0) is 0 Å². The van der Waals surface area contributed by atoms with Crippen molar-refractivity contribution in [3.8, 4) is 11.1 Å². The Hall–Kier alpha value is -2.02. The molecule has 4 rings (SSSR count). The van der Waals surface area contributed by atoms with Gasteiger partial charge in [0, 0.05) is 49.7 Å². The highest BCUT2D eigenvalue weighted by Crippen LogP contribution is 2.36. The summed E-state index contributed by atoms with van der Waals surface area (Å²) in [5.41, 5.74) is 3.71. The summed E-state index contributed by atoms with van der Waals surface area (Å²) in [6.45, 7) is 13.3. The molecule has 0 unspecified atom stereocenters. The maximum absolute atomic E-state index is 4.58. The lowest BCUT2D eigenvalue weighted by atomic mass is 10.0. The normalized spacial score (nSPS) is 17.1. The maximum atomic E-state index is 4.58. The van der Waals surface area contributed by atoms with Gasteiger partial charge in [-0.1, -0.05) is 36.8 Å². The summed E-state index contributed by atoms with van der Waals surface area (Å²) in [6, 6.07) is 9.17. The number of anilines is 1. The molecule has 148 valence electrons. The van der Waals surface area contributed by atoms with E-state index in [9.17, 15) is 0 Å². The molecule has 0 spiro atoms. The van der Waals surface area contributed by atoms with Gasteiger partial charge >= 0.3 is 0 Å². The molecule has 1 fully saturated rings. The predicted molar refractivity (Wildman–Crippen MR) is 119 cm³/mol. The highest BCUT2D eigenvalue weighted by Gasteiger charge is 2.21. The molecule has 3 heterocycles. The smallest absolute Gasteiger partial charge is 0.138 e. The second-order valence-electron chi connectivity index (χ2n) is 7.62. The first-order chi connectivity index (χ1) is 13.7.